The standard InChI is InChI=1S/C20H31N3O9/c1-11(24)32-23(19(2,3)4)14-8-13(25)21-18(26)22(14)17-16-15(30-20(5,6)31-16)12(29-17)9-28-10-27-7/h8,12,15-17H,9-10H2,1-7H3,(H,21,25,26)/t12-,15-,16-,17-/m1/s1. The number of methoxy groups -OCH3 is 1. The average molecular weight is 457 g/mol. The van der Waals surface area contributed by atoms with Crippen molar-refractivity contribution in [3.05, 3.63) is 26.9 Å². The summed E-state index contributed by atoms with van der Waals surface area (Å²) in [5.74, 6) is -1.50. The van der Waals surface area contributed by atoms with Crippen LogP contribution in [0.4, 0.5) is 5.82 Å². The van der Waals surface area contributed by atoms with Gasteiger partial charge in [0.2, 0.25) is 0 Å². The minimum atomic E-state index is -0.988. The maximum atomic E-state index is 13.0. The van der Waals surface area contributed by atoms with Crippen LogP contribution in [0.5, 0.6) is 0 Å². The lowest BCUT2D eigenvalue weighted by atomic mass is 10.1. The molecule has 0 bridgehead atoms. The summed E-state index contributed by atoms with van der Waals surface area (Å²) < 4.78 is 29.8. The van der Waals surface area contributed by atoms with E-state index in [9.17, 15) is 14.4 Å². The lowest BCUT2D eigenvalue weighted by Gasteiger charge is -2.37. The number of hydroxylamine groups is 1. The molecule has 0 spiro atoms. The molecule has 12 heteroatoms. The van der Waals surface area contributed by atoms with Gasteiger partial charge in [-0.15, -0.1) is 0 Å². The van der Waals surface area contributed by atoms with Crippen LogP contribution in [0.2, 0.25) is 0 Å². The molecule has 0 aromatic carbocycles. The Hall–Kier alpha value is -2.25. The lowest BCUT2D eigenvalue weighted by molar-refractivity contribution is -0.205. The number of nitrogens with zero attached hydrogens (tertiary/aromatic N) is 2. The highest BCUT2D eigenvalue weighted by Crippen LogP contribution is 2.44. The summed E-state index contributed by atoms with van der Waals surface area (Å²) in [6.45, 7) is 10.2. The quantitative estimate of drug-likeness (QED) is 0.354. The van der Waals surface area contributed by atoms with Crippen molar-refractivity contribution in [3.63, 3.8) is 0 Å². The van der Waals surface area contributed by atoms with Crippen molar-refractivity contribution in [2.75, 3.05) is 25.6 Å². The second-order valence-corrected chi connectivity index (χ2v) is 9.12. The van der Waals surface area contributed by atoms with E-state index in [1.54, 1.807) is 34.6 Å². The third-order valence-electron chi connectivity index (χ3n) is 4.86. The fourth-order valence-electron chi connectivity index (χ4n) is 3.80. The summed E-state index contributed by atoms with van der Waals surface area (Å²) in [6.07, 6.45) is -2.80. The number of anilines is 1. The van der Waals surface area contributed by atoms with Gasteiger partial charge in [0.05, 0.1) is 12.1 Å². The van der Waals surface area contributed by atoms with Gasteiger partial charge in [-0.05, 0) is 34.6 Å². The van der Waals surface area contributed by atoms with E-state index in [-0.39, 0.29) is 19.2 Å². The van der Waals surface area contributed by atoms with E-state index in [1.807, 2.05) is 0 Å². The molecule has 2 saturated heterocycles. The van der Waals surface area contributed by atoms with Gasteiger partial charge in [0.1, 0.15) is 25.1 Å². The molecular weight excluding hydrogens is 426 g/mol. The molecule has 0 unspecified atom stereocenters. The molecule has 3 heterocycles. The molecule has 4 atom stereocenters. The van der Waals surface area contributed by atoms with Crippen molar-refractivity contribution in [2.45, 2.75) is 77.4 Å². The molecule has 12 nitrogen and oxygen atoms in total. The van der Waals surface area contributed by atoms with Gasteiger partial charge in [0, 0.05) is 20.1 Å². The first-order valence-corrected chi connectivity index (χ1v) is 10.3. The summed E-state index contributed by atoms with van der Waals surface area (Å²) in [6, 6.07) is 1.17. The molecule has 3 rings (SSSR count). The fourth-order valence-corrected chi connectivity index (χ4v) is 3.80. The maximum absolute atomic E-state index is 13.0. The number of hydrogen-bond donors (Lipinski definition) is 1. The van der Waals surface area contributed by atoms with Gasteiger partial charge in [0.15, 0.2) is 17.8 Å². The van der Waals surface area contributed by atoms with Gasteiger partial charge in [-0.2, -0.15) is 5.06 Å². The first-order valence-electron chi connectivity index (χ1n) is 10.3. The molecule has 2 fully saturated rings. The highest BCUT2D eigenvalue weighted by Gasteiger charge is 2.56. The first-order chi connectivity index (χ1) is 14.8. The summed E-state index contributed by atoms with van der Waals surface area (Å²) in [7, 11) is 1.50. The van der Waals surface area contributed by atoms with E-state index in [1.165, 1.54) is 29.7 Å². The van der Waals surface area contributed by atoms with E-state index in [0.29, 0.717) is 0 Å². The van der Waals surface area contributed by atoms with Crippen LogP contribution < -0.4 is 16.3 Å². The molecule has 1 N–H and O–H groups in total. The first kappa shape index (κ1) is 24.4. The van der Waals surface area contributed by atoms with Crippen LogP contribution in [0.3, 0.4) is 0 Å². The van der Waals surface area contributed by atoms with Crippen molar-refractivity contribution in [3.8, 4) is 0 Å². The number of carbonyl (C=O) groups is 1. The molecule has 2 aliphatic rings. The molecular formula is C20H31N3O9. The average Bonchev–Trinajstić information content (AvgIpc) is 3.12. The Morgan fingerprint density at radius 1 is 1.25 bits per heavy atom. The Kier molecular flexibility index (Phi) is 6.82. The minimum Gasteiger partial charge on any atom is -0.359 e. The van der Waals surface area contributed by atoms with Crippen molar-refractivity contribution >= 4 is 11.8 Å². The zero-order valence-electron chi connectivity index (χ0n) is 19.4. The summed E-state index contributed by atoms with van der Waals surface area (Å²) >= 11 is 0. The predicted octanol–water partition coefficient (Wildman–Crippen LogP) is 0.658. The molecule has 0 saturated carbocycles. The monoisotopic (exact) mass is 457 g/mol. The molecule has 1 aromatic rings. The van der Waals surface area contributed by atoms with Crippen molar-refractivity contribution < 1.29 is 33.3 Å². The number of nitrogens with one attached hydrogen (secondary N) is 1. The van der Waals surface area contributed by atoms with Gasteiger partial charge in [0.25, 0.3) is 5.56 Å². The smallest absolute Gasteiger partial charge is 0.332 e. The molecule has 0 radical (unpaired) electrons. The Bertz CT molecular complexity index is 949. The lowest BCUT2D eigenvalue weighted by Crippen LogP contribution is -2.48. The fraction of sp³-hybridized carbons (Fsp3) is 0.750. The molecule has 2 aliphatic heterocycles. The molecule has 180 valence electrons. The van der Waals surface area contributed by atoms with Crippen LogP contribution in [-0.4, -0.2) is 65.7 Å². The Morgan fingerprint density at radius 3 is 2.50 bits per heavy atom. The molecule has 1 aromatic heterocycles. The largest absolute Gasteiger partial charge is 0.359 e. The van der Waals surface area contributed by atoms with Gasteiger partial charge in [-0.3, -0.25) is 14.6 Å². The minimum absolute atomic E-state index is 0.0389. The molecule has 0 amide bonds. The number of carbonyl (C=O) groups excluding carboxylic acids is 1. The topological polar surface area (TPSA) is 131 Å². The zero-order chi connectivity index (χ0) is 23.8. The maximum Gasteiger partial charge on any atom is 0.332 e. The Morgan fingerprint density at radius 2 is 1.91 bits per heavy atom. The van der Waals surface area contributed by atoms with E-state index >= 15 is 0 Å². The molecule has 32 heavy (non-hydrogen) atoms. The van der Waals surface area contributed by atoms with Crippen LogP contribution in [0, 0.1) is 0 Å². The SMILES string of the molecule is COCOC[C@H]1O[C@@H](n2c(N(OC(C)=O)C(C)(C)C)cc(=O)[nH]c2=O)[C@@H]2OC(C)(C)O[C@@H]21. The summed E-state index contributed by atoms with van der Waals surface area (Å²) in [4.78, 5) is 44.6. The van der Waals surface area contributed by atoms with Crippen molar-refractivity contribution in [1.29, 1.82) is 0 Å². The van der Waals surface area contributed by atoms with Gasteiger partial charge in [-0.25, -0.2) is 9.36 Å². The van der Waals surface area contributed by atoms with Crippen LogP contribution >= 0.6 is 0 Å². The number of hydrogen-bond acceptors (Lipinski definition) is 10. The Balaban J connectivity index is 2.09. The van der Waals surface area contributed by atoms with Crippen molar-refractivity contribution in [1.82, 2.24) is 9.55 Å². The number of H-pyrrole nitrogens is 1. The predicted molar refractivity (Wildman–Crippen MR) is 111 cm³/mol. The Labute approximate surface area is 185 Å². The molecule has 0 aliphatic carbocycles. The highest BCUT2D eigenvalue weighted by atomic mass is 16.8. The summed E-state index contributed by atoms with van der Waals surface area (Å²) in [5.41, 5.74) is -2.19. The van der Waals surface area contributed by atoms with Crippen LogP contribution in [-0.2, 0) is 33.3 Å². The highest BCUT2D eigenvalue weighted by molar-refractivity contribution is 5.67. The van der Waals surface area contributed by atoms with Gasteiger partial charge in [-0.1, -0.05) is 0 Å². The number of aromatic amines is 1. The second-order valence-electron chi connectivity index (χ2n) is 9.12. The van der Waals surface area contributed by atoms with E-state index in [4.69, 9.17) is 28.5 Å². The normalized spacial score (nSPS) is 26.7. The van der Waals surface area contributed by atoms with Crippen molar-refractivity contribution in [2.24, 2.45) is 0 Å². The van der Waals surface area contributed by atoms with E-state index < -0.39 is 53.1 Å². The second kappa shape index (κ2) is 8.94. The zero-order valence-corrected chi connectivity index (χ0v) is 19.4. The number of rotatable bonds is 7. The number of ether oxygens (including phenoxy) is 5. The number of fused-ring (bicyclic) bond motifs is 1. The van der Waals surface area contributed by atoms with E-state index in [0.717, 1.165) is 0 Å². The van der Waals surface area contributed by atoms with Gasteiger partial charge >= 0.3 is 11.7 Å². The summed E-state index contributed by atoms with van der Waals surface area (Å²) in [5, 5.41) is 1.21. The van der Waals surface area contributed by atoms with E-state index in [2.05, 4.69) is 4.98 Å². The third-order valence-corrected chi connectivity index (χ3v) is 4.86. The van der Waals surface area contributed by atoms with Crippen LogP contribution in [0.1, 0.15) is 47.8 Å². The number of aromatic nitrogens is 2. The van der Waals surface area contributed by atoms with Gasteiger partial charge < -0.3 is 28.5 Å². The third kappa shape index (κ3) is 5.04. The van der Waals surface area contributed by atoms with Crippen LogP contribution in [0.25, 0.3) is 0 Å². The van der Waals surface area contributed by atoms with Crippen LogP contribution in [0.15, 0.2) is 15.7 Å².